The maximum absolute atomic E-state index is 5.49. The average Bonchev–Trinajstić information content (AvgIpc) is 2.17. The summed E-state index contributed by atoms with van der Waals surface area (Å²) >= 11 is 0. The van der Waals surface area contributed by atoms with Crippen molar-refractivity contribution in [1.82, 2.24) is 0 Å². The Morgan fingerprint density at radius 1 is 1.00 bits per heavy atom. The quantitative estimate of drug-likeness (QED) is 0.647. The Hall–Kier alpha value is -0.160. The normalized spacial score (nSPS) is 40.6. The maximum Gasteiger partial charge on any atom is 0.114 e. The van der Waals surface area contributed by atoms with Gasteiger partial charge in [0.05, 0.1) is 12.7 Å². The van der Waals surface area contributed by atoms with Crippen LogP contribution in [0.15, 0.2) is 0 Å². The molecule has 0 aromatic heterocycles. The predicted molar refractivity (Wildman–Crippen MR) is 47.8 cm³/mol. The third-order valence-electron chi connectivity index (χ3n) is 2.52. The van der Waals surface area contributed by atoms with Crippen molar-refractivity contribution in [2.75, 3.05) is 27.9 Å². The minimum Gasteiger partial charge on any atom is -0.376 e. The molecule has 0 aliphatic carbocycles. The van der Waals surface area contributed by atoms with Gasteiger partial charge in [0.15, 0.2) is 0 Å². The fourth-order valence-electron chi connectivity index (χ4n) is 1.73. The SMILES string of the molecule is CO[C@@H]1[C@H](OC)[C@H](C)OC[C@H]1OC. The molecule has 0 spiro atoms. The minimum atomic E-state index is -0.0521. The second-order valence-corrected chi connectivity index (χ2v) is 3.21. The van der Waals surface area contributed by atoms with Crippen molar-refractivity contribution in [1.29, 1.82) is 0 Å². The zero-order valence-electron chi connectivity index (χ0n) is 8.65. The zero-order valence-corrected chi connectivity index (χ0v) is 8.65. The Balaban J connectivity index is 2.64. The number of rotatable bonds is 3. The van der Waals surface area contributed by atoms with E-state index < -0.39 is 0 Å². The Morgan fingerprint density at radius 2 is 1.62 bits per heavy atom. The van der Waals surface area contributed by atoms with Crippen LogP contribution in [0.2, 0.25) is 0 Å². The summed E-state index contributed by atoms with van der Waals surface area (Å²) in [5.41, 5.74) is 0. The van der Waals surface area contributed by atoms with Crippen molar-refractivity contribution >= 4 is 0 Å². The highest BCUT2D eigenvalue weighted by atomic mass is 16.6. The average molecular weight is 190 g/mol. The van der Waals surface area contributed by atoms with Gasteiger partial charge >= 0.3 is 0 Å². The summed E-state index contributed by atoms with van der Waals surface area (Å²) < 4.78 is 21.4. The van der Waals surface area contributed by atoms with E-state index in [4.69, 9.17) is 18.9 Å². The van der Waals surface area contributed by atoms with E-state index in [9.17, 15) is 0 Å². The highest BCUT2D eigenvalue weighted by Crippen LogP contribution is 2.21. The van der Waals surface area contributed by atoms with Crippen LogP contribution in [-0.4, -0.2) is 52.4 Å². The molecule has 0 bridgehead atoms. The Labute approximate surface area is 79.1 Å². The Kier molecular flexibility index (Phi) is 4.12. The second kappa shape index (κ2) is 4.91. The first-order chi connectivity index (χ1) is 6.24. The van der Waals surface area contributed by atoms with Crippen LogP contribution >= 0.6 is 0 Å². The summed E-state index contributed by atoms with van der Waals surface area (Å²) in [6.45, 7) is 2.54. The van der Waals surface area contributed by atoms with Crippen LogP contribution in [0.5, 0.6) is 0 Å². The van der Waals surface area contributed by atoms with Crippen LogP contribution in [0.25, 0.3) is 0 Å². The highest BCUT2D eigenvalue weighted by Gasteiger charge is 2.39. The number of methoxy groups -OCH3 is 3. The van der Waals surface area contributed by atoms with E-state index in [2.05, 4.69) is 0 Å². The van der Waals surface area contributed by atoms with Gasteiger partial charge in [-0.3, -0.25) is 0 Å². The lowest BCUT2D eigenvalue weighted by Crippen LogP contribution is -2.54. The Morgan fingerprint density at radius 3 is 2.08 bits per heavy atom. The summed E-state index contributed by atoms with van der Waals surface area (Å²) in [5.74, 6) is 0. The Bertz CT molecular complexity index is 151. The first kappa shape index (κ1) is 10.9. The smallest absolute Gasteiger partial charge is 0.114 e. The van der Waals surface area contributed by atoms with Crippen LogP contribution in [-0.2, 0) is 18.9 Å². The summed E-state index contributed by atoms with van der Waals surface area (Å²) in [6.07, 6.45) is -0.0741. The van der Waals surface area contributed by atoms with E-state index in [1.165, 1.54) is 0 Å². The molecule has 4 atom stereocenters. The molecule has 0 amide bonds. The van der Waals surface area contributed by atoms with Gasteiger partial charge < -0.3 is 18.9 Å². The van der Waals surface area contributed by atoms with E-state index in [0.717, 1.165) is 0 Å². The zero-order chi connectivity index (χ0) is 9.84. The molecule has 13 heavy (non-hydrogen) atoms. The van der Waals surface area contributed by atoms with Crippen LogP contribution < -0.4 is 0 Å². The van der Waals surface area contributed by atoms with Crippen LogP contribution in [0.3, 0.4) is 0 Å². The van der Waals surface area contributed by atoms with Gasteiger partial charge in [-0.1, -0.05) is 0 Å². The summed E-state index contributed by atoms with van der Waals surface area (Å²) in [6, 6.07) is 0. The lowest BCUT2D eigenvalue weighted by atomic mass is 10.0. The van der Waals surface area contributed by atoms with Crippen LogP contribution in [0.4, 0.5) is 0 Å². The summed E-state index contributed by atoms with van der Waals surface area (Å²) in [7, 11) is 4.98. The molecule has 1 aliphatic heterocycles. The molecule has 1 aliphatic rings. The molecule has 0 saturated carbocycles. The molecule has 1 saturated heterocycles. The van der Waals surface area contributed by atoms with Gasteiger partial charge in [0.25, 0.3) is 0 Å². The molecule has 0 N–H and O–H groups in total. The van der Waals surface area contributed by atoms with E-state index in [0.29, 0.717) is 6.61 Å². The molecule has 1 fully saturated rings. The largest absolute Gasteiger partial charge is 0.376 e. The third kappa shape index (κ3) is 2.20. The first-order valence-corrected chi connectivity index (χ1v) is 4.44. The van der Waals surface area contributed by atoms with Crippen LogP contribution in [0.1, 0.15) is 6.92 Å². The maximum atomic E-state index is 5.49. The van der Waals surface area contributed by atoms with Gasteiger partial charge in [-0.05, 0) is 6.92 Å². The second-order valence-electron chi connectivity index (χ2n) is 3.21. The third-order valence-corrected chi connectivity index (χ3v) is 2.52. The molecule has 1 heterocycles. The fraction of sp³-hybridized carbons (Fsp3) is 1.00. The van der Waals surface area contributed by atoms with Crippen molar-refractivity contribution in [2.24, 2.45) is 0 Å². The first-order valence-electron chi connectivity index (χ1n) is 4.44. The van der Waals surface area contributed by atoms with E-state index in [1.54, 1.807) is 21.3 Å². The van der Waals surface area contributed by atoms with E-state index in [-0.39, 0.29) is 24.4 Å². The molecular weight excluding hydrogens is 172 g/mol. The van der Waals surface area contributed by atoms with E-state index >= 15 is 0 Å². The molecule has 0 aromatic carbocycles. The summed E-state index contributed by atoms with van der Waals surface area (Å²) in [5, 5.41) is 0. The fourth-order valence-corrected chi connectivity index (χ4v) is 1.73. The molecule has 78 valence electrons. The molecular formula is C9H18O4. The van der Waals surface area contributed by atoms with Crippen molar-refractivity contribution in [2.45, 2.75) is 31.3 Å². The lowest BCUT2D eigenvalue weighted by Gasteiger charge is -2.39. The van der Waals surface area contributed by atoms with Gasteiger partial charge in [-0.25, -0.2) is 0 Å². The van der Waals surface area contributed by atoms with Crippen molar-refractivity contribution in [3.8, 4) is 0 Å². The van der Waals surface area contributed by atoms with Crippen molar-refractivity contribution in [3.05, 3.63) is 0 Å². The molecule has 1 rings (SSSR count). The molecule has 0 radical (unpaired) electrons. The van der Waals surface area contributed by atoms with Gasteiger partial charge in [0.1, 0.15) is 18.3 Å². The molecule has 4 heteroatoms. The van der Waals surface area contributed by atoms with Gasteiger partial charge in [-0.15, -0.1) is 0 Å². The topological polar surface area (TPSA) is 36.9 Å². The monoisotopic (exact) mass is 190 g/mol. The predicted octanol–water partition coefficient (Wildman–Crippen LogP) is 0.450. The summed E-state index contributed by atoms with van der Waals surface area (Å²) in [4.78, 5) is 0. The van der Waals surface area contributed by atoms with Gasteiger partial charge in [-0.2, -0.15) is 0 Å². The number of hydrogen-bond acceptors (Lipinski definition) is 4. The standard InChI is InChI=1S/C9H18O4/c1-6-8(11-3)9(12-4)7(10-2)5-13-6/h6-9H,5H2,1-4H3/t6-,7+,8+,9-/m0/s1. The van der Waals surface area contributed by atoms with E-state index in [1.807, 2.05) is 6.92 Å². The molecule has 0 aromatic rings. The van der Waals surface area contributed by atoms with Crippen molar-refractivity contribution < 1.29 is 18.9 Å². The molecule has 0 unspecified atom stereocenters. The number of hydrogen-bond donors (Lipinski definition) is 0. The highest BCUT2D eigenvalue weighted by molar-refractivity contribution is 4.87. The molecule has 4 nitrogen and oxygen atoms in total. The lowest BCUT2D eigenvalue weighted by molar-refractivity contribution is -0.206. The minimum absolute atomic E-state index is 0.0360. The van der Waals surface area contributed by atoms with Gasteiger partial charge in [0, 0.05) is 21.3 Å². The van der Waals surface area contributed by atoms with Crippen LogP contribution in [0, 0.1) is 0 Å². The van der Waals surface area contributed by atoms with Crippen molar-refractivity contribution in [3.63, 3.8) is 0 Å². The number of ether oxygens (including phenoxy) is 4. The van der Waals surface area contributed by atoms with Gasteiger partial charge in [0.2, 0.25) is 0 Å².